The van der Waals surface area contributed by atoms with Crippen LogP contribution in [0.5, 0.6) is 6.01 Å². The fraction of sp³-hybridized carbons (Fsp3) is 0.312. The highest BCUT2D eigenvalue weighted by Gasteiger charge is 2.30. The summed E-state index contributed by atoms with van der Waals surface area (Å²) in [5.74, 6) is -0.263. The normalized spacial score (nSPS) is 18.5. The van der Waals surface area contributed by atoms with Crippen molar-refractivity contribution in [1.29, 1.82) is 0 Å². The molecule has 2 N–H and O–H groups in total. The van der Waals surface area contributed by atoms with Gasteiger partial charge in [0.25, 0.3) is 6.01 Å². The van der Waals surface area contributed by atoms with Gasteiger partial charge in [-0.1, -0.05) is 67.1 Å². The Morgan fingerprint density at radius 3 is 2.56 bits per heavy atom. The van der Waals surface area contributed by atoms with Gasteiger partial charge in [-0.2, -0.15) is 4.98 Å². The molecule has 5 aromatic rings. The van der Waals surface area contributed by atoms with Crippen LogP contribution in [0, 0.1) is 0 Å². The molecule has 1 saturated heterocycles. The number of aliphatic hydroxyl groups excluding tert-OH is 1. The van der Waals surface area contributed by atoms with E-state index in [-0.39, 0.29) is 24.6 Å². The number of aromatic amines is 1. The summed E-state index contributed by atoms with van der Waals surface area (Å²) in [7, 11) is 0. The van der Waals surface area contributed by atoms with E-state index in [1.54, 1.807) is 18.6 Å². The molecule has 11 heteroatoms. The third-order valence-corrected chi connectivity index (χ3v) is 7.77. The molecule has 0 aliphatic carbocycles. The molecular weight excluding hydrogens is 570 g/mol. The molecule has 0 spiro atoms. The molecule has 6 rings (SSSR count). The van der Waals surface area contributed by atoms with Crippen molar-refractivity contribution in [3.05, 3.63) is 83.9 Å². The summed E-state index contributed by atoms with van der Waals surface area (Å²) in [5.41, 5.74) is 5.54. The van der Waals surface area contributed by atoms with Gasteiger partial charge in [0.2, 0.25) is 0 Å². The summed E-state index contributed by atoms with van der Waals surface area (Å²) < 4.78 is 18.9. The second-order valence-electron chi connectivity index (χ2n) is 10.5. The maximum Gasteiger partial charge on any atom is 0.310 e. The van der Waals surface area contributed by atoms with Crippen LogP contribution in [-0.2, 0) is 27.2 Å². The van der Waals surface area contributed by atoms with Crippen LogP contribution >= 0.6 is 11.6 Å². The van der Waals surface area contributed by atoms with Gasteiger partial charge >= 0.3 is 5.97 Å². The monoisotopic (exact) mass is 601 g/mol. The van der Waals surface area contributed by atoms with E-state index in [9.17, 15) is 9.90 Å². The number of hydrogen-bond donors (Lipinski definition) is 2. The van der Waals surface area contributed by atoms with E-state index in [0.717, 1.165) is 28.7 Å². The van der Waals surface area contributed by atoms with Gasteiger partial charge in [0, 0.05) is 24.4 Å². The van der Waals surface area contributed by atoms with Crippen LogP contribution in [-0.4, -0.2) is 67.1 Å². The van der Waals surface area contributed by atoms with E-state index in [1.807, 2.05) is 66.2 Å². The molecule has 3 atom stereocenters. The molecule has 10 nitrogen and oxygen atoms in total. The minimum absolute atomic E-state index is 0.163. The summed E-state index contributed by atoms with van der Waals surface area (Å²) in [6, 6.07) is 17.9. The SMILES string of the molecule is CC[C@H]1OC[C@H](Oc2nc3nc(-c4ccc(-c5ccc(CC(=O)OCCn6ccnc6)cc5)cc4)c(Cl)cc3[nH]2)C[C@@H]1O. The van der Waals surface area contributed by atoms with Gasteiger partial charge in [0.1, 0.15) is 12.7 Å². The van der Waals surface area contributed by atoms with Crippen LogP contribution in [0.15, 0.2) is 73.3 Å². The summed E-state index contributed by atoms with van der Waals surface area (Å²) in [4.78, 5) is 28.5. The number of carbonyl (C=O) groups is 1. The van der Waals surface area contributed by atoms with Gasteiger partial charge in [-0.3, -0.25) is 4.79 Å². The summed E-state index contributed by atoms with van der Waals surface area (Å²) in [6.07, 6.45) is 5.62. The molecule has 1 aliphatic heterocycles. The molecule has 3 aromatic heterocycles. The number of ether oxygens (including phenoxy) is 3. The van der Waals surface area contributed by atoms with Gasteiger partial charge in [-0.05, 0) is 29.2 Å². The molecule has 0 unspecified atom stereocenters. The quantitative estimate of drug-likeness (QED) is 0.208. The Balaban J connectivity index is 1.08. The van der Waals surface area contributed by atoms with Gasteiger partial charge in [-0.25, -0.2) is 9.97 Å². The minimum Gasteiger partial charge on any atom is -0.464 e. The summed E-state index contributed by atoms with van der Waals surface area (Å²) in [5, 5.41) is 10.7. The van der Waals surface area contributed by atoms with Crippen molar-refractivity contribution in [3.63, 3.8) is 0 Å². The smallest absolute Gasteiger partial charge is 0.310 e. The average molecular weight is 602 g/mol. The number of H-pyrrole nitrogens is 1. The van der Waals surface area contributed by atoms with Crippen molar-refractivity contribution >= 4 is 28.7 Å². The molecule has 2 aromatic carbocycles. The van der Waals surface area contributed by atoms with E-state index in [4.69, 9.17) is 30.8 Å². The Hall–Kier alpha value is -4.25. The Morgan fingerprint density at radius 1 is 1.12 bits per heavy atom. The molecule has 0 radical (unpaired) electrons. The number of halogens is 1. The Labute approximate surface area is 253 Å². The van der Waals surface area contributed by atoms with Crippen LogP contribution in [0.3, 0.4) is 0 Å². The maximum atomic E-state index is 12.2. The van der Waals surface area contributed by atoms with Crippen LogP contribution in [0.25, 0.3) is 33.5 Å². The fourth-order valence-electron chi connectivity index (χ4n) is 5.15. The Bertz CT molecular complexity index is 1670. The Kier molecular flexibility index (Phi) is 8.69. The number of esters is 1. The zero-order valence-electron chi connectivity index (χ0n) is 23.6. The molecular formula is C32H32ClN5O5. The fourth-order valence-corrected chi connectivity index (χ4v) is 5.41. The van der Waals surface area contributed by atoms with Gasteiger partial charge < -0.3 is 28.9 Å². The number of rotatable bonds is 10. The number of imidazole rings is 2. The molecule has 4 heterocycles. The highest BCUT2D eigenvalue weighted by atomic mass is 35.5. The van der Waals surface area contributed by atoms with E-state index in [1.165, 1.54) is 0 Å². The van der Waals surface area contributed by atoms with Gasteiger partial charge in [0.15, 0.2) is 5.65 Å². The predicted molar refractivity (Wildman–Crippen MR) is 162 cm³/mol. The van der Waals surface area contributed by atoms with E-state index < -0.39 is 6.10 Å². The lowest BCUT2D eigenvalue weighted by molar-refractivity contribution is -0.143. The second kappa shape index (κ2) is 12.9. The lowest BCUT2D eigenvalue weighted by atomic mass is 10.0. The van der Waals surface area contributed by atoms with Crippen molar-refractivity contribution in [2.45, 2.75) is 51.0 Å². The van der Waals surface area contributed by atoms with Crippen LogP contribution in [0.4, 0.5) is 0 Å². The average Bonchev–Trinajstić information content (AvgIpc) is 3.67. The van der Waals surface area contributed by atoms with Crippen LogP contribution in [0.2, 0.25) is 5.02 Å². The third-order valence-electron chi connectivity index (χ3n) is 7.48. The van der Waals surface area contributed by atoms with Crippen molar-refractivity contribution in [1.82, 2.24) is 24.5 Å². The highest BCUT2D eigenvalue weighted by Crippen LogP contribution is 2.32. The predicted octanol–water partition coefficient (Wildman–Crippen LogP) is 5.23. The first kappa shape index (κ1) is 28.9. The molecule has 0 bridgehead atoms. The largest absolute Gasteiger partial charge is 0.464 e. The number of aromatic nitrogens is 5. The first-order chi connectivity index (χ1) is 20.9. The van der Waals surface area contributed by atoms with E-state index >= 15 is 0 Å². The lowest BCUT2D eigenvalue weighted by Crippen LogP contribution is -2.43. The first-order valence-corrected chi connectivity index (χ1v) is 14.7. The number of fused-ring (bicyclic) bond motifs is 1. The zero-order valence-corrected chi connectivity index (χ0v) is 24.4. The second-order valence-corrected chi connectivity index (χ2v) is 10.9. The van der Waals surface area contributed by atoms with Crippen LogP contribution in [0.1, 0.15) is 25.3 Å². The van der Waals surface area contributed by atoms with Crippen molar-refractivity contribution in [2.75, 3.05) is 13.2 Å². The van der Waals surface area contributed by atoms with E-state index in [2.05, 4.69) is 15.0 Å². The highest BCUT2D eigenvalue weighted by molar-refractivity contribution is 6.33. The molecule has 0 amide bonds. The number of aliphatic hydroxyl groups is 1. The molecule has 0 saturated carbocycles. The lowest BCUT2D eigenvalue weighted by Gasteiger charge is -2.32. The molecule has 43 heavy (non-hydrogen) atoms. The minimum atomic E-state index is -0.568. The van der Waals surface area contributed by atoms with Crippen molar-refractivity contribution < 1.29 is 24.1 Å². The summed E-state index contributed by atoms with van der Waals surface area (Å²) in [6.45, 7) is 3.26. The van der Waals surface area contributed by atoms with Crippen molar-refractivity contribution in [3.8, 4) is 28.4 Å². The van der Waals surface area contributed by atoms with Crippen LogP contribution < -0.4 is 4.74 Å². The topological polar surface area (TPSA) is 124 Å². The maximum absolute atomic E-state index is 12.2. The first-order valence-electron chi connectivity index (χ1n) is 14.3. The van der Waals surface area contributed by atoms with E-state index in [0.29, 0.717) is 54.1 Å². The number of pyridine rings is 1. The molecule has 222 valence electrons. The molecule has 1 fully saturated rings. The third kappa shape index (κ3) is 6.88. The summed E-state index contributed by atoms with van der Waals surface area (Å²) >= 11 is 6.62. The number of carbonyl (C=O) groups excluding carboxylic acids is 1. The zero-order chi connectivity index (χ0) is 29.8. The number of nitrogens with zero attached hydrogens (tertiary/aromatic N) is 4. The Morgan fingerprint density at radius 2 is 1.86 bits per heavy atom. The van der Waals surface area contributed by atoms with Gasteiger partial charge in [0.05, 0.1) is 54.3 Å². The van der Waals surface area contributed by atoms with Gasteiger partial charge in [-0.15, -0.1) is 0 Å². The molecule has 1 aliphatic rings. The number of nitrogens with one attached hydrogen (secondary N) is 1. The van der Waals surface area contributed by atoms with Crippen molar-refractivity contribution in [2.24, 2.45) is 0 Å². The number of hydrogen-bond acceptors (Lipinski definition) is 8. The number of benzene rings is 2. The standard InChI is InChI=1S/C32H32ClN5O5/c1-2-28-27(39)16-24(18-42-28)43-32-35-26-17-25(33)30(36-31(26)37-32)23-9-7-22(8-10-23)21-5-3-20(4-6-21)15-29(40)41-14-13-38-12-11-34-19-38/h3-12,17,19,24,27-28,39H,2,13-16,18H2,1H3,(H,35,36,37)/t24-,27+,28-/m1/s1.